The Morgan fingerprint density at radius 3 is 1.26 bits per heavy atom. The number of hydrogen-bond acceptors (Lipinski definition) is 14. The molecule has 6 aromatic rings. The van der Waals surface area contributed by atoms with Gasteiger partial charge in [-0.3, -0.25) is 0 Å². The number of aromatic hydroxyl groups is 6. The van der Waals surface area contributed by atoms with Crippen molar-refractivity contribution >= 4 is 56.1 Å². The first kappa shape index (κ1) is 26.1. The zero-order valence-electron chi connectivity index (χ0n) is 21.6. The maximum atomic E-state index is 12.3. The molecule has 0 atom stereocenters. The van der Waals surface area contributed by atoms with E-state index in [4.69, 9.17) is 9.47 Å². The number of carbonyl (C=O) groups excluding carboxylic acids is 2. The molecule has 14 heteroatoms. The Hall–Kier alpha value is -6.18. The van der Waals surface area contributed by atoms with Gasteiger partial charge in [-0.2, -0.15) is 0 Å². The fraction of sp³-hybridized carbons (Fsp3) is 0.0714. The number of nitrogens with zero attached hydrogens (tertiary/aromatic N) is 4. The van der Waals surface area contributed by atoms with E-state index in [0.29, 0.717) is 0 Å². The van der Waals surface area contributed by atoms with Gasteiger partial charge in [-0.1, -0.05) is 0 Å². The number of methoxy groups -OCH3 is 2. The van der Waals surface area contributed by atoms with Crippen LogP contribution in [0.5, 0.6) is 34.5 Å². The van der Waals surface area contributed by atoms with Gasteiger partial charge >= 0.3 is 11.9 Å². The highest BCUT2D eigenvalue weighted by Crippen LogP contribution is 2.51. The summed E-state index contributed by atoms with van der Waals surface area (Å²) in [4.78, 5) is 41.7. The van der Waals surface area contributed by atoms with Gasteiger partial charge in [-0.25, -0.2) is 29.5 Å². The average Bonchev–Trinajstić information content (AvgIpc) is 2.97. The summed E-state index contributed by atoms with van der Waals surface area (Å²) in [6, 6.07) is 7.08. The SMILES string of the molecule is COC(=O)c1ccc(O)c2nc3cc(O)c(-c4c(O)cc5nc6c(O)ccc(C(=O)OC)c6nc5c4O)c(O)c3nc12. The quantitative estimate of drug-likeness (QED) is 0.133. The number of phenols is 6. The third kappa shape index (κ3) is 3.66. The van der Waals surface area contributed by atoms with E-state index in [1.54, 1.807) is 0 Å². The fourth-order valence-electron chi connectivity index (χ4n) is 4.74. The summed E-state index contributed by atoms with van der Waals surface area (Å²) in [5.74, 6) is -5.03. The number of hydrogen-bond donors (Lipinski definition) is 6. The van der Waals surface area contributed by atoms with E-state index in [0.717, 1.165) is 26.4 Å². The van der Waals surface area contributed by atoms with Crippen LogP contribution in [-0.4, -0.2) is 76.7 Å². The number of aromatic nitrogens is 4. The molecule has 42 heavy (non-hydrogen) atoms. The zero-order valence-corrected chi connectivity index (χ0v) is 21.6. The maximum absolute atomic E-state index is 12.3. The van der Waals surface area contributed by atoms with Gasteiger partial charge in [0.2, 0.25) is 0 Å². The predicted molar refractivity (Wildman–Crippen MR) is 146 cm³/mol. The van der Waals surface area contributed by atoms with Crippen molar-refractivity contribution in [3.8, 4) is 45.6 Å². The van der Waals surface area contributed by atoms with Crippen LogP contribution in [0.1, 0.15) is 20.7 Å². The molecule has 0 aliphatic rings. The lowest BCUT2D eigenvalue weighted by molar-refractivity contribution is 0.0593. The fourth-order valence-corrected chi connectivity index (χ4v) is 4.74. The molecule has 2 heterocycles. The summed E-state index contributed by atoms with van der Waals surface area (Å²) in [5.41, 5.74) is -2.27. The molecular formula is C28H18N4O10. The molecule has 0 radical (unpaired) electrons. The van der Waals surface area contributed by atoms with Crippen LogP contribution >= 0.6 is 0 Å². The van der Waals surface area contributed by atoms with E-state index in [-0.39, 0.29) is 66.8 Å². The number of carbonyl (C=O) groups is 2. The number of esters is 2. The van der Waals surface area contributed by atoms with Crippen LogP contribution in [0.4, 0.5) is 0 Å². The molecule has 0 aliphatic heterocycles. The second-order valence-electron chi connectivity index (χ2n) is 9.06. The summed E-state index contributed by atoms with van der Waals surface area (Å²) < 4.78 is 9.53. The van der Waals surface area contributed by atoms with Gasteiger partial charge in [0, 0.05) is 12.1 Å². The van der Waals surface area contributed by atoms with Gasteiger partial charge in [0.1, 0.15) is 56.1 Å². The van der Waals surface area contributed by atoms with E-state index in [1.807, 2.05) is 0 Å². The average molecular weight is 570 g/mol. The van der Waals surface area contributed by atoms with Crippen LogP contribution in [0, 0.1) is 0 Å². The molecule has 2 aromatic heterocycles. The lowest BCUT2D eigenvalue weighted by Gasteiger charge is -2.15. The van der Waals surface area contributed by atoms with Crippen LogP contribution in [0.15, 0.2) is 36.4 Å². The van der Waals surface area contributed by atoms with Crippen LogP contribution in [0.3, 0.4) is 0 Å². The molecule has 210 valence electrons. The number of benzene rings is 4. The van der Waals surface area contributed by atoms with Gasteiger partial charge in [0.25, 0.3) is 0 Å². The predicted octanol–water partition coefficient (Wildman–Crippen LogP) is 3.35. The van der Waals surface area contributed by atoms with E-state index in [1.165, 1.54) is 24.3 Å². The minimum atomic E-state index is -0.792. The standard InChI is InChI=1S/C28H18N4O10/c1-41-27(39)9-3-5-13(33)23-19(9)31-21-11(29-23)7-15(35)17(25(21)37)18-16(36)8-12-22(26(18)38)32-20-10(28(40)42-2)4-6-14(34)24(20)30-12/h3-8,33-38H,1-2H3. The van der Waals surface area contributed by atoms with E-state index < -0.39 is 46.1 Å². The highest BCUT2D eigenvalue weighted by Gasteiger charge is 2.27. The summed E-state index contributed by atoms with van der Waals surface area (Å²) >= 11 is 0. The van der Waals surface area contributed by atoms with Crippen molar-refractivity contribution in [1.82, 2.24) is 19.9 Å². The lowest BCUT2D eigenvalue weighted by atomic mass is 9.98. The number of phenolic OH excluding ortho intramolecular Hbond substituents is 6. The first-order valence-electron chi connectivity index (χ1n) is 12.0. The normalized spacial score (nSPS) is 11.4. The molecule has 6 N–H and O–H groups in total. The van der Waals surface area contributed by atoms with Crippen molar-refractivity contribution < 1.29 is 49.7 Å². The highest BCUT2D eigenvalue weighted by atomic mass is 16.5. The van der Waals surface area contributed by atoms with Crippen molar-refractivity contribution in [1.29, 1.82) is 0 Å². The molecule has 0 unspecified atom stereocenters. The Bertz CT molecular complexity index is 2030. The molecule has 0 bridgehead atoms. The van der Waals surface area contributed by atoms with Crippen molar-refractivity contribution in [2.75, 3.05) is 14.2 Å². The van der Waals surface area contributed by atoms with Crippen LogP contribution in [0.25, 0.3) is 55.3 Å². The molecular weight excluding hydrogens is 552 g/mol. The van der Waals surface area contributed by atoms with E-state index in [2.05, 4.69) is 19.9 Å². The highest BCUT2D eigenvalue weighted by molar-refractivity contribution is 6.09. The molecule has 0 aliphatic carbocycles. The number of fused-ring (bicyclic) bond motifs is 4. The summed E-state index contributed by atoms with van der Waals surface area (Å²) in [6.07, 6.45) is 0. The number of rotatable bonds is 3. The third-order valence-corrected chi connectivity index (χ3v) is 6.70. The van der Waals surface area contributed by atoms with E-state index >= 15 is 0 Å². The van der Waals surface area contributed by atoms with Crippen molar-refractivity contribution in [2.45, 2.75) is 0 Å². The molecule has 6 rings (SSSR count). The Morgan fingerprint density at radius 1 is 0.524 bits per heavy atom. The van der Waals surface area contributed by atoms with Crippen LogP contribution < -0.4 is 0 Å². The van der Waals surface area contributed by atoms with Gasteiger partial charge in [-0.15, -0.1) is 0 Å². The second-order valence-corrected chi connectivity index (χ2v) is 9.06. The topological polar surface area (TPSA) is 226 Å². The Labute approximate surface area is 233 Å². The minimum Gasteiger partial charge on any atom is -0.507 e. The maximum Gasteiger partial charge on any atom is 0.340 e. The molecule has 0 spiro atoms. The molecule has 4 aromatic carbocycles. The largest absolute Gasteiger partial charge is 0.507 e. The zero-order chi connectivity index (χ0) is 30.0. The minimum absolute atomic E-state index is 0.0723. The van der Waals surface area contributed by atoms with Crippen molar-refractivity contribution in [2.24, 2.45) is 0 Å². The number of ether oxygens (including phenoxy) is 2. The third-order valence-electron chi connectivity index (χ3n) is 6.70. The van der Waals surface area contributed by atoms with Crippen LogP contribution in [-0.2, 0) is 9.47 Å². The van der Waals surface area contributed by atoms with Gasteiger partial charge < -0.3 is 40.1 Å². The Kier molecular flexibility index (Phi) is 5.70. The molecule has 0 saturated heterocycles. The summed E-state index contributed by atoms with van der Waals surface area (Å²) in [6.45, 7) is 0. The van der Waals surface area contributed by atoms with Gasteiger partial charge in [-0.05, 0) is 24.3 Å². The van der Waals surface area contributed by atoms with Crippen LogP contribution in [0.2, 0.25) is 0 Å². The van der Waals surface area contributed by atoms with Crippen molar-refractivity contribution in [3.63, 3.8) is 0 Å². The molecule has 14 nitrogen and oxygen atoms in total. The van der Waals surface area contributed by atoms with Gasteiger partial charge in [0.15, 0.2) is 11.5 Å². The lowest BCUT2D eigenvalue weighted by Crippen LogP contribution is -2.04. The first-order valence-corrected chi connectivity index (χ1v) is 12.0. The monoisotopic (exact) mass is 570 g/mol. The van der Waals surface area contributed by atoms with Gasteiger partial charge in [0.05, 0.1) is 47.5 Å². The molecule has 0 fully saturated rings. The van der Waals surface area contributed by atoms with Crippen molar-refractivity contribution in [3.05, 3.63) is 47.5 Å². The summed E-state index contributed by atoms with van der Waals surface area (Å²) in [5, 5.41) is 65.0. The Balaban J connectivity index is 1.68. The Morgan fingerprint density at radius 2 is 0.905 bits per heavy atom. The second kappa shape index (κ2) is 9.19. The first-order chi connectivity index (χ1) is 20.0. The summed E-state index contributed by atoms with van der Waals surface area (Å²) in [7, 11) is 2.30. The van der Waals surface area contributed by atoms with E-state index in [9.17, 15) is 40.2 Å². The molecule has 0 amide bonds. The molecule has 0 saturated carbocycles. The smallest absolute Gasteiger partial charge is 0.340 e.